The molecule has 144 valence electrons. The number of methoxy groups -OCH3 is 1. The molecule has 2 rings (SSSR count). The highest BCUT2D eigenvalue weighted by Gasteiger charge is 2.19. The second kappa shape index (κ2) is 10.5. The third kappa shape index (κ3) is 5.68. The SMILES string of the molecule is COc1ccccc1/C=C/C(=O)OCC(=O)N(CCC#N)c1ccccc1F. The van der Waals surface area contributed by atoms with Gasteiger partial charge in [0, 0.05) is 18.2 Å². The van der Waals surface area contributed by atoms with Crippen LogP contribution in [0.3, 0.4) is 0 Å². The number of hydrogen-bond acceptors (Lipinski definition) is 5. The van der Waals surface area contributed by atoms with E-state index in [1.807, 2.05) is 6.07 Å². The topological polar surface area (TPSA) is 79.6 Å². The van der Waals surface area contributed by atoms with Crippen molar-refractivity contribution in [3.8, 4) is 11.8 Å². The second-order valence-corrected chi connectivity index (χ2v) is 5.59. The van der Waals surface area contributed by atoms with E-state index in [4.69, 9.17) is 14.7 Å². The summed E-state index contributed by atoms with van der Waals surface area (Å²) in [5.74, 6) is -1.37. The highest BCUT2D eigenvalue weighted by atomic mass is 19.1. The van der Waals surface area contributed by atoms with Crippen molar-refractivity contribution in [1.82, 2.24) is 0 Å². The minimum absolute atomic E-state index is 0.00906. The smallest absolute Gasteiger partial charge is 0.331 e. The van der Waals surface area contributed by atoms with Gasteiger partial charge in [-0.3, -0.25) is 4.79 Å². The Morgan fingerprint density at radius 3 is 2.61 bits per heavy atom. The van der Waals surface area contributed by atoms with Gasteiger partial charge in [-0.05, 0) is 24.3 Å². The maximum Gasteiger partial charge on any atom is 0.331 e. The Bertz CT molecular complexity index is 905. The van der Waals surface area contributed by atoms with Gasteiger partial charge >= 0.3 is 5.97 Å². The fraction of sp³-hybridized carbons (Fsp3) is 0.190. The number of amides is 1. The first kappa shape index (κ1) is 20.6. The lowest BCUT2D eigenvalue weighted by Gasteiger charge is -2.21. The van der Waals surface area contributed by atoms with Gasteiger partial charge in [0.15, 0.2) is 6.61 Å². The predicted octanol–water partition coefficient (Wildman–Crippen LogP) is 3.34. The zero-order valence-electron chi connectivity index (χ0n) is 15.3. The minimum Gasteiger partial charge on any atom is -0.496 e. The molecule has 0 aliphatic rings. The molecular weight excluding hydrogens is 363 g/mol. The molecule has 0 aliphatic heterocycles. The van der Waals surface area contributed by atoms with E-state index in [0.717, 1.165) is 4.90 Å². The summed E-state index contributed by atoms with van der Waals surface area (Å²) in [5.41, 5.74) is 0.707. The highest BCUT2D eigenvalue weighted by Crippen LogP contribution is 2.20. The Morgan fingerprint density at radius 2 is 1.89 bits per heavy atom. The van der Waals surface area contributed by atoms with Crippen LogP contribution in [0.5, 0.6) is 5.75 Å². The summed E-state index contributed by atoms with van der Waals surface area (Å²) in [4.78, 5) is 25.4. The summed E-state index contributed by atoms with van der Waals surface area (Å²) >= 11 is 0. The van der Waals surface area contributed by atoms with Gasteiger partial charge in [0.05, 0.1) is 25.3 Å². The molecule has 0 N–H and O–H groups in total. The lowest BCUT2D eigenvalue weighted by atomic mass is 10.2. The zero-order valence-corrected chi connectivity index (χ0v) is 15.3. The van der Waals surface area contributed by atoms with E-state index in [0.29, 0.717) is 11.3 Å². The number of esters is 1. The quantitative estimate of drug-likeness (QED) is 0.517. The van der Waals surface area contributed by atoms with Gasteiger partial charge in [0.25, 0.3) is 5.91 Å². The number of rotatable bonds is 8. The molecule has 0 aromatic heterocycles. The lowest BCUT2D eigenvalue weighted by molar-refractivity contribution is -0.142. The van der Waals surface area contributed by atoms with Gasteiger partial charge in [-0.15, -0.1) is 0 Å². The summed E-state index contributed by atoms with van der Waals surface area (Å²) in [6, 6.07) is 14.7. The van der Waals surface area contributed by atoms with Gasteiger partial charge in [0.1, 0.15) is 11.6 Å². The number of halogens is 1. The average molecular weight is 382 g/mol. The molecule has 2 aromatic rings. The average Bonchev–Trinajstić information content (AvgIpc) is 2.72. The molecule has 6 nitrogen and oxygen atoms in total. The molecule has 0 saturated carbocycles. The van der Waals surface area contributed by atoms with E-state index in [1.165, 1.54) is 37.5 Å². The van der Waals surface area contributed by atoms with Crippen LogP contribution in [-0.4, -0.2) is 32.1 Å². The lowest BCUT2D eigenvalue weighted by Crippen LogP contribution is -2.36. The van der Waals surface area contributed by atoms with Gasteiger partial charge in [0.2, 0.25) is 0 Å². The number of carbonyl (C=O) groups excluding carboxylic acids is 2. The first-order valence-corrected chi connectivity index (χ1v) is 8.46. The predicted molar refractivity (Wildman–Crippen MR) is 102 cm³/mol. The molecule has 0 fully saturated rings. The number of nitriles is 1. The van der Waals surface area contributed by atoms with Crippen molar-refractivity contribution in [3.63, 3.8) is 0 Å². The molecular formula is C21H19FN2O4. The first-order chi connectivity index (χ1) is 13.6. The van der Waals surface area contributed by atoms with E-state index < -0.39 is 24.3 Å². The number of benzene rings is 2. The monoisotopic (exact) mass is 382 g/mol. The van der Waals surface area contributed by atoms with Gasteiger partial charge in [-0.2, -0.15) is 5.26 Å². The second-order valence-electron chi connectivity index (χ2n) is 5.59. The number of para-hydroxylation sites is 2. The third-order valence-electron chi connectivity index (χ3n) is 3.77. The van der Waals surface area contributed by atoms with Crippen LogP contribution in [0.1, 0.15) is 12.0 Å². The van der Waals surface area contributed by atoms with Crippen LogP contribution < -0.4 is 9.64 Å². The highest BCUT2D eigenvalue weighted by molar-refractivity contribution is 5.96. The van der Waals surface area contributed by atoms with Gasteiger partial charge < -0.3 is 14.4 Å². The molecule has 0 unspecified atom stereocenters. The molecule has 0 radical (unpaired) electrons. The summed E-state index contributed by atoms with van der Waals surface area (Å²) < 4.78 is 24.1. The Hall–Kier alpha value is -3.66. The Kier molecular flexibility index (Phi) is 7.73. The summed E-state index contributed by atoms with van der Waals surface area (Å²) in [6.07, 6.45) is 2.70. The number of hydrogen-bond donors (Lipinski definition) is 0. The van der Waals surface area contributed by atoms with Crippen molar-refractivity contribution in [1.29, 1.82) is 5.26 Å². The molecule has 7 heteroatoms. The molecule has 2 aromatic carbocycles. The molecule has 0 heterocycles. The standard InChI is InChI=1S/C21H19FN2O4/c1-27-19-10-5-2-7-16(19)11-12-21(26)28-15-20(25)24(14-6-13-23)18-9-4-3-8-17(18)22/h2-5,7-12H,6,14-15H2,1H3/b12-11+. The normalized spacial score (nSPS) is 10.3. The first-order valence-electron chi connectivity index (χ1n) is 8.46. The van der Waals surface area contributed by atoms with Crippen LogP contribution in [-0.2, 0) is 14.3 Å². The van der Waals surface area contributed by atoms with Crippen molar-refractivity contribution in [2.45, 2.75) is 6.42 Å². The largest absolute Gasteiger partial charge is 0.496 e. The van der Waals surface area contributed by atoms with E-state index in [1.54, 1.807) is 30.3 Å². The zero-order chi connectivity index (χ0) is 20.4. The van der Waals surface area contributed by atoms with Crippen LogP contribution in [0.15, 0.2) is 54.6 Å². The van der Waals surface area contributed by atoms with Crippen molar-refractivity contribution >= 4 is 23.6 Å². The van der Waals surface area contributed by atoms with Crippen LogP contribution >= 0.6 is 0 Å². The van der Waals surface area contributed by atoms with Crippen molar-refractivity contribution in [2.75, 3.05) is 25.2 Å². The third-order valence-corrected chi connectivity index (χ3v) is 3.77. The Morgan fingerprint density at radius 1 is 1.18 bits per heavy atom. The summed E-state index contributed by atoms with van der Waals surface area (Å²) in [5, 5.41) is 8.77. The minimum atomic E-state index is -0.729. The van der Waals surface area contributed by atoms with Crippen molar-refractivity contribution in [2.24, 2.45) is 0 Å². The van der Waals surface area contributed by atoms with Gasteiger partial charge in [-0.25, -0.2) is 9.18 Å². The maximum atomic E-state index is 14.0. The van der Waals surface area contributed by atoms with Crippen LogP contribution in [0.25, 0.3) is 6.08 Å². The number of nitrogens with zero attached hydrogens (tertiary/aromatic N) is 2. The Labute approximate surface area is 162 Å². The summed E-state index contributed by atoms with van der Waals surface area (Å²) in [7, 11) is 1.52. The van der Waals surface area contributed by atoms with Crippen LogP contribution in [0.4, 0.5) is 10.1 Å². The molecule has 0 atom stereocenters. The van der Waals surface area contributed by atoms with E-state index in [-0.39, 0.29) is 18.7 Å². The molecule has 0 aliphatic carbocycles. The van der Waals surface area contributed by atoms with Crippen LogP contribution in [0, 0.1) is 17.1 Å². The number of ether oxygens (including phenoxy) is 2. The Balaban J connectivity index is 2.01. The fourth-order valence-corrected chi connectivity index (χ4v) is 2.43. The van der Waals surface area contributed by atoms with Gasteiger partial charge in [-0.1, -0.05) is 30.3 Å². The molecule has 1 amide bonds. The van der Waals surface area contributed by atoms with E-state index >= 15 is 0 Å². The molecule has 0 bridgehead atoms. The fourth-order valence-electron chi connectivity index (χ4n) is 2.43. The van der Waals surface area contributed by atoms with Crippen molar-refractivity contribution in [3.05, 3.63) is 66.0 Å². The molecule has 28 heavy (non-hydrogen) atoms. The van der Waals surface area contributed by atoms with Crippen LogP contribution in [0.2, 0.25) is 0 Å². The number of anilines is 1. The molecule has 0 spiro atoms. The maximum absolute atomic E-state index is 14.0. The van der Waals surface area contributed by atoms with E-state index in [9.17, 15) is 14.0 Å². The summed E-state index contributed by atoms with van der Waals surface area (Å²) in [6.45, 7) is -0.584. The van der Waals surface area contributed by atoms with E-state index in [2.05, 4.69) is 0 Å². The number of carbonyl (C=O) groups is 2. The molecule has 0 saturated heterocycles. The van der Waals surface area contributed by atoms with Crippen molar-refractivity contribution < 1.29 is 23.5 Å².